The van der Waals surface area contributed by atoms with Gasteiger partial charge in [-0.05, 0) is 0 Å². The number of nitrogens with one attached hydrogen (secondary N) is 3. The summed E-state index contributed by atoms with van der Waals surface area (Å²) in [6, 6.07) is 0. The van der Waals surface area contributed by atoms with Gasteiger partial charge in [0.25, 0.3) is 0 Å². The minimum Gasteiger partial charge on any atom is -0.422 e. The van der Waals surface area contributed by atoms with Gasteiger partial charge < -0.3 is 21.7 Å². The Balaban J connectivity index is -0.000000150. The fraction of sp³-hybridized carbons (Fsp3) is 0. The molecule has 7 nitrogen and oxygen atoms in total. The van der Waals surface area contributed by atoms with E-state index in [4.69, 9.17) is 16.2 Å². The van der Waals surface area contributed by atoms with Gasteiger partial charge in [0.1, 0.15) is 0 Å². The number of ether oxygens (including phenoxy) is 1. The van der Waals surface area contributed by atoms with Gasteiger partial charge in [-0.2, -0.15) is 0 Å². The molecule has 1 aliphatic heterocycles. The van der Waals surface area contributed by atoms with Crippen molar-refractivity contribution in [2.45, 2.75) is 0 Å². The van der Waals surface area contributed by atoms with Gasteiger partial charge in [0.05, 0.1) is 0 Å². The van der Waals surface area contributed by atoms with E-state index in [1.54, 1.807) is 0 Å². The first-order valence-corrected chi connectivity index (χ1v) is 2.65. The minimum absolute atomic E-state index is 0. The lowest BCUT2D eigenvalue weighted by molar-refractivity contribution is 0.555. The molecule has 13 heavy (non-hydrogen) atoms. The van der Waals surface area contributed by atoms with Crippen molar-refractivity contribution in [3.8, 4) is 0 Å². The maximum absolute atomic E-state index is 6.73. The second-order valence-corrected chi connectivity index (χ2v) is 1.62. The van der Waals surface area contributed by atoms with E-state index < -0.39 is 0 Å². The van der Waals surface area contributed by atoms with Crippen molar-refractivity contribution in [3.05, 3.63) is 12.2 Å². The number of hydrogen-bond acceptors (Lipinski definition) is 4. The molecule has 0 bridgehead atoms. The maximum Gasteiger partial charge on any atom is 0.214 e. The van der Waals surface area contributed by atoms with Crippen LogP contribution in [0.25, 0.3) is 0 Å². The average molecular weight is 210 g/mol. The fourth-order valence-corrected chi connectivity index (χ4v) is 0.338. The second-order valence-electron chi connectivity index (χ2n) is 1.62. The number of hydrogen-bond donors (Lipinski definition) is 5. The van der Waals surface area contributed by atoms with E-state index in [-0.39, 0.29) is 35.6 Å². The molecule has 0 aromatic carbocycles. The van der Waals surface area contributed by atoms with E-state index in [1.807, 2.05) is 0 Å². The molecule has 1 aliphatic rings. The van der Waals surface area contributed by atoms with E-state index in [2.05, 4.69) is 16.2 Å². The normalized spacial score (nSPS) is 11.4. The van der Waals surface area contributed by atoms with Gasteiger partial charge in [-0.15, -0.1) is 12.4 Å². The van der Waals surface area contributed by atoms with Crippen molar-refractivity contribution in [1.82, 2.24) is 0 Å². The Morgan fingerprint density at radius 3 is 1.46 bits per heavy atom. The summed E-state index contributed by atoms with van der Waals surface area (Å²) in [6.07, 6.45) is 2.87. The van der Waals surface area contributed by atoms with E-state index in [1.165, 1.54) is 12.2 Å². The lowest BCUT2D eigenvalue weighted by Crippen LogP contribution is -2.20. The molecule has 8 heteroatoms. The van der Waals surface area contributed by atoms with Crippen LogP contribution in [0.2, 0.25) is 0 Å². The molecule has 0 saturated carbocycles. The predicted molar refractivity (Wildman–Crippen MR) is 52.6 cm³/mol. The Labute approximate surface area is 81.0 Å². The largest absolute Gasteiger partial charge is 0.422 e. The molecule has 1 heterocycles. The maximum atomic E-state index is 6.73. The second kappa shape index (κ2) is 8.50. The van der Waals surface area contributed by atoms with Crippen LogP contribution in [0, 0.1) is 16.2 Å². The number of halogens is 1. The highest BCUT2D eigenvalue weighted by Gasteiger charge is 2.02. The summed E-state index contributed by atoms with van der Waals surface area (Å²) in [5.41, 5.74) is 8.94. The van der Waals surface area contributed by atoms with Crippen LogP contribution >= 0.6 is 12.4 Å². The van der Waals surface area contributed by atoms with Gasteiger partial charge >= 0.3 is 0 Å². The molecule has 1 rings (SSSR count). The Hall–Kier alpha value is -1.60. The molecular formula is C5H12ClN5O2. The van der Waals surface area contributed by atoms with Gasteiger partial charge in [0.15, 0.2) is 5.96 Å². The third-order valence-electron chi connectivity index (χ3n) is 0.606. The summed E-state index contributed by atoms with van der Waals surface area (Å²) in [6.45, 7) is 0. The highest BCUT2D eigenvalue weighted by Crippen LogP contribution is 1.93. The smallest absolute Gasteiger partial charge is 0.214 e. The molecule has 9 N–H and O–H groups in total. The van der Waals surface area contributed by atoms with Crippen molar-refractivity contribution in [3.63, 3.8) is 0 Å². The summed E-state index contributed by atoms with van der Waals surface area (Å²) >= 11 is 0. The Kier molecular flexibility index (Phi) is 11.4. The van der Waals surface area contributed by atoms with E-state index in [9.17, 15) is 0 Å². The number of guanidine groups is 1. The van der Waals surface area contributed by atoms with E-state index >= 15 is 0 Å². The first-order valence-electron chi connectivity index (χ1n) is 2.65. The Morgan fingerprint density at radius 2 is 1.38 bits per heavy atom. The van der Waals surface area contributed by atoms with Crippen LogP contribution in [0.4, 0.5) is 0 Å². The zero-order chi connectivity index (χ0) is 8.85. The van der Waals surface area contributed by atoms with Crippen LogP contribution in [0.5, 0.6) is 0 Å². The highest BCUT2D eigenvalue weighted by atomic mass is 35.5. The molecule has 0 unspecified atom stereocenters. The first-order chi connectivity index (χ1) is 5.02. The van der Waals surface area contributed by atoms with Crippen LogP contribution < -0.4 is 11.5 Å². The molecular weight excluding hydrogens is 198 g/mol. The molecule has 0 fully saturated rings. The van der Waals surface area contributed by atoms with Gasteiger partial charge in [0.2, 0.25) is 11.8 Å². The molecule has 0 saturated heterocycles. The molecule has 0 radical (unpaired) electrons. The van der Waals surface area contributed by atoms with Crippen molar-refractivity contribution in [2.75, 3.05) is 0 Å². The average Bonchev–Trinajstić information content (AvgIpc) is 2.13. The van der Waals surface area contributed by atoms with Crippen molar-refractivity contribution in [1.29, 1.82) is 16.2 Å². The van der Waals surface area contributed by atoms with Crippen molar-refractivity contribution in [2.24, 2.45) is 11.5 Å². The van der Waals surface area contributed by atoms with Gasteiger partial charge in [-0.1, -0.05) is 0 Å². The molecule has 0 atom stereocenters. The molecule has 76 valence electrons. The number of nitrogens with two attached hydrogens (primary N) is 2. The predicted octanol–water partition coefficient (Wildman–Crippen LogP) is -1.04. The SMILES string of the molecule is Cl.N=C(N)N.N=C1C=CC(=N)O1.O. The summed E-state index contributed by atoms with van der Waals surface area (Å²) in [7, 11) is 0. The van der Waals surface area contributed by atoms with Crippen LogP contribution in [-0.2, 0) is 4.74 Å². The van der Waals surface area contributed by atoms with Gasteiger partial charge in [-0.3, -0.25) is 16.2 Å². The van der Waals surface area contributed by atoms with E-state index in [0.29, 0.717) is 0 Å². The van der Waals surface area contributed by atoms with Crippen LogP contribution in [-0.4, -0.2) is 23.2 Å². The van der Waals surface area contributed by atoms with Crippen molar-refractivity contribution >= 4 is 30.2 Å². The summed E-state index contributed by atoms with van der Waals surface area (Å²) in [5, 5.41) is 19.5. The quantitative estimate of drug-likeness (QED) is 0.255. The lowest BCUT2D eigenvalue weighted by atomic mass is 10.5. The van der Waals surface area contributed by atoms with Crippen molar-refractivity contribution < 1.29 is 10.2 Å². The highest BCUT2D eigenvalue weighted by molar-refractivity contribution is 6.07. The Bertz CT molecular complexity index is 207. The molecule has 0 aliphatic carbocycles. The standard InChI is InChI=1S/C4H4N2O.CH5N3.ClH.H2O/c5-3-1-2-4(6)7-3;2-1(3)4;;/h1-2,5-6H;(H5,2,3,4);1H;1H2. The zero-order valence-corrected chi connectivity index (χ0v) is 7.44. The monoisotopic (exact) mass is 209 g/mol. The third-order valence-corrected chi connectivity index (χ3v) is 0.606. The molecule has 0 amide bonds. The van der Waals surface area contributed by atoms with Crippen LogP contribution in [0.15, 0.2) is 12.2 Å². The summed E-state index contributed by atoms with van der Waals surface area (Å²) < 4.78 is 4.42. The van der Waals surface area contributed by atoms with Crippen LogP contribution in [0.1, 0.15) is 0 Å². The molecule has 0 spiro atoms. The number of rotatable bonds is 0. The van der Waals surface area contributed by atoms with E-state index in [0.717, 1.165) is 0 Å². The minimum atomic E-state index is -0.333. The summed E-state index contributed by atoms with van der Waals surface area (Å²) in [5.74, 6) is -0.241. The molecule has 0 aromatic rings. The Morgan fingerprint density at radius 1 is 1.15 bits per heavy atom. The van der Waals surface area contributed by atoms with Gasteiger partial charge in [0, 0.05) is 12.2 Å². The fourth-order valence-electron chi connectivity index (χ4n) is 0.338. The lowest BCUT2D eigenvalue weighted by Gasteiger charge is -1.87. The zero-order valence-electron chi connectivity index (χ0n) is 6.63. The van der Waals surface area contributed by atoms with Gasteiger partial charge in [-0.25, -0.2) is 0 Å². The topological polar surface area (TPSA) is 164 Å². The first kappa shape index (κ1) is 17.5. The van der Waals surface area contributed by atoms with Crippen LogP contribution in [0.3, 0.4) is 0 Å². The summed E-state index contributed by atoms with van der Waals surface area (Å²) in [4.78, 5) is 0. The third kappa shape index (κ3) is 13.4. The molecule has 0 aromatic heterocycles.